The molecule has 0 aliphatic heterocycles. The predicted octanol–water partition coefficient (Wildman–Crippen LogP) is 4.45. The molecule has 0 radical (unpaired) electrons. The zero-order chi connectivity index (χ0) is 12.5. The van der Waals surface area contributed by atoms with Gasteiger partial charge in [0.05, 0.1) is 0 Å². The summed E-state index contributed by atoms with van der Waals surface area (Å²) in [6.45, 7) is 2.39. The van der Waals surface area contributed by atoms with Crippen LogP contribution in [0.5, 0.6) is 0 Å². The number of rotatable bonds is 2. The molecule has 3 rings (SSSR count). The van der Waals surface area contributed by atoms with Crippen molar-refractivity contribution in [1.82, 2.24) is 0 Å². The summed E-state index contributed by atoms with van der Waals surface area (Å²) in [7, 11) is 0. The molecule has 0 spiro atoms. The van der Waals surface area contributed by atoms with Crippen LogP contribution >= 0.6 is 11.3 Å². The molecule has 1 aromatic rings. The van der Waals surface area contributed by atoms with Gasteiger partial charge in [-0.2, -0.15) is 0 Å². The van der Waals surface area contributed by atoms with Crippen molar-refractivity contribution in [1.29, 1.82) is 0 Å². The highest BCUT2D eigenvalue weighted by Crippen LogP contribution is 2.40. The molecule has 0 bridgehead atoms. The van der Waals surface area contributed by atoms with Gasteiger partial charge in [-0.3, -0.25) is 0 Å². The van der Waals surface area contributed by atoms with Gasteiger partial charge in [0.2, 0.25) is 0 Å². The van der Waals surface area contributed by atoms with Crippen molar-refractivity contribution in [2.75, 3.05) is 0 Å². The second kappa shape index (κ2) is 5.34. The Labute approximate surface area is 115 Å². The summed E-state index contributed by atoms with van der Waals surface area (Å²) in [5.74, 6) is 1.61. The molecule has 1 nitrogen and oxygen atoms in total. The number of thiophene rings is 1. The van der Waals surface area contributed by atoms with Gasteiger partial charge in [0, 0.05) is 15.8 Å². The van der Waals surface area contributed by atoms with Crippen LogP contribution in [0.1, 0.15) is 66.8 Å². The molecule has 1 saturated carbocycles. The fourth-order valence-electron chi connectivity index (χ4n) is 3.72. The molecule has 0 saturated heterocycles. The van der Waals surface area contributed by atoms with E-state index in [9.17, 15) is 0 Å². The van der Waals surface area contributed by atoms with E-state index in [0.29, 0.717) is 6.04 Å². The molecule has 3 unspecified atom stereocenters. The summed E-state index contributed by atoms with van der Waals surface area (Å²) in [5.41, 5.74) is 8.17. The summed E-state index contributed by atoms with van der Waals surface area (Å²) in [6.07, 6.45) is 10.8. The van der Waals surface area contributed by atoms with E-state index in [1.165, 1.54) is 56.2 Å². The lowest BCUT2D eigenvalue weighted by atomic mass is 9.78. The fraction of sp³-hybridized carbons (Fsp3) is 0.750. The van der Waals surface area contributed by atoms with Gasteiger partial charge in [0.25, 0.3) is 0 Å². The van der Waals surface area contributed by atoms with Crippen molar-refractivity contribution < 1.29 is 0 Å². The lowest BCUT2D eigenvalue weighted by Crippen LogP contribution is -2.25. The highest BCUT2D eigenvalue weighted by Gasteiger charge is 2.27. The Kier molecular flexibility index (Phi) is 3.76. The summed E-state index contributed by atoms with van der Waals surface area (Å²) in [6, 6.07) is 2.74. The molecule has 2 aliphatic rings. The second-order valence-corrected chi connectivity index (χ2v) is 7.53. The van der Waals surface area contributed by atoms with Gasteiger partial charge in [-0.15, -0.1) is 11.3 Å². The zero-order valence-electron chi connectivity index (χ0n) is 11.5. The summed E-state index contributed by atoms with van der Waals surface area (Å²) in [4.78, 5) is 3.11. The van der Waals surface area contributed by atoms with Gasteiger partial charge in [-0.05, 0) is 62.0 Å². The van der Waals surface area contributed by atoms with Crippen LogP contribution in [0.25, 0.3) is 0 Å². The number of hydrogen-bond acceptors (Lipinski definition) is 2. The van der Waals surface area contributed by atoms with Crippen molar-refractivity contribution in [3.05, 3.63) is 21.4 Å². The SMILES string of the molecule is CC1CCCC(C(N)c2cc3c(s2)CCCC3)C1. The van der Waals surface area contributed by atoms with Crippen LogP contribution < -0.4 is 5.73 Å². The average Bonchev–Trinajstić information content (AvgIpc) is 2.81. The first-order chi connectivity index (χ1) is 8.74. The fourth-order valence-corrected chi connectivity index (χ4v) is 5.07. The predicted molar refractivity (Wildman–Crippen MR) is 79.0 cm³/mol. The van der Waals surface area contributed by atoms with Crippen LogP contribution in [-0.4, -0.2) is 0 Å². The lowest BCUT2D eigenvalue weighted by Gasteiger charge is -2.30. The third kappa shape index (κ3) is 2.50. The minimum Gasteiger partial charge on any atom is -0.323 e. The molecule has 0 amide bonds. The molecule has 2 N–H and O–H groups in total. The first-order valence-corrected chi connectivity index (χ1v) is 8.42. The molecular weight excluding hydrogens is 238 g/mol. The van der Waals surface area contributed by atoms with Gasteiger partial charge in [0.15, 0.2) is 0 Å². The summed E-state index contributed by atoms with van der Waals surface area (Å²) >= 11 is 2.01. The zero-order valence-corrected chi connectivity index (χ0v) is 12.3. The molecule has 1 fully saturated rings. The molecule has 3 atom stereocenters. The van der Waals surface area contributed by atoms with Crippen LogP contribution in [0, 0.1) is 11.8 Å². The number of hydrogen-bond donors (Lipinski definition) is 1. The molecule has 18 heavy (non-hydrogen) atoms. The van der Waals surface area contributed by atoms with E-state index in [1.54, 1.807) is 10.4 Å². The second-order valence-electron chi connectivity index (χ2n) is 6.36. The van der Waals surface area contributed by atoms with E-state index in [1.807, 2.05) is 11.3 Å². The molecule has 0 aromatic carbocycles. The Morgan fingerprint density at radius 1 is 1.22 bits per heavy atom. The van der Waals surface area contributed by atoms with Crippen LogP contribution in [0.2, 0.25) is 0 Å². The topological polar surface area (TPSA) is 26.0 Å². The monoisotopic (exact) mass is 263 g/mol. The average molecular weight is 263 g/mol. The van der Waals surface area contributed by atoms with Gasteiger partial charge in [-0.1, -0.05) is 19.8 Å². The first kappa shape index (κ1) is 12.7. The van der Waals surface area contributed by atoms with E-state index in [-0.39, 0.29) is 0 Å². The molecule has 100 valence electrons. The Morgan fingerprint density at radius 2 is 2.06 bits per heavy atom. The molecule has 1 aromatic heterocycles. The Balaban J connectivity index is 1.75. The minimum atomic E-state index is 0.309. The van der Waals surface area contributed by atoms with Crippen molar-refractivity contribution in [2.24, 2.45) is 17.6 Å². The van der Waals surface area contributed by atoms with Crippen LogP contribution in [0.4, 0.5) is 0 Å². The van der Waals surface area contributed by atoms with E-state index in [0.717, 1.165) is 11.8 Å². The number of aryl methyl sites for hydroxylation is 2. The van der Waals surface area contributed by atoms with Gasteiger partial charge in [-0.25, -0.2) is 0 Å². The normalized spacial score (nSPS) is 29.9. The van der Waals surface area contributed by atoms with Crippen LogP contribution in [0.3, 0.4) is 0 Å². The maximum atomic E-state index is 6.55. The minimum absolute atomic E-state index is 0.309. The van der Waals surface area contributed by atoms with Gasteiger partial charge >= 0.3 is 0 Å². The molecule has 2 aliphatic carbocycles. The number of fused-ring (bicyclic) bond motifs is 1. The van der Waals surface area contributed by atoms with Crippen molar-refractivity contribution in [3.8, 4) is 0 Å². The van der Waals surface area contributed by atoms with Crippen molar-refractivity contribution in [2.45, 2.75) is 64.3 Å². The van der Waals surface area contributed by atoms with Crippen molar-refractivity contribution in [3.63, 3.8) is 0 Å². The Hall–Kier alpha value is -0.340. The highest BCUT2D eigenvalue weighted by molar-refractivity contribution is 7.12. The number of nitrogens with two attached hydrogens (primary N) is 1. The third-order valence-electron chi connectivity index (χ3n) is 4.83. The van der Waals surface area contributed by atoms with E-state index in [4.69, 9.17) is 5.73 Å². The standard InChI is InChI=1S/C16H25NS/c1-11-5-4-7-13(9-11)16(17)15-10-12-6-2-3-8-14(12)18-15/h10-11,13,16H,2-9,17H2,1H3. The van der Waals surface area contributed by atoms with E-state index in [2.05, 4.69) is 13.0 Å². The first-order valence-electron chi connectivity index (χ1n) is 7.61. The Bertz CT molecular complexity index is 386. The van der Waals surface area contributed by atoms with Crippen LogP contribution in [-0.2, 0) is 12.8 Å². The molecular formula is C16H25NS. The van der Waals surface area contributed by atoms with E-state index >= 15 is 0 Å². The summed E-state index contributed by atoms with van der Waals surface area (Å²) in [5, 5.41) is 0. The van der Waals surface area contributed by atoms with Gasteiger partial charge < -0.3 is 5.73 Å². The highest BCUT2D eigenvalue weighted by atomic mass is 32.1. The Morgan fingerprint density at radius 3 is 2.83 bits per heavy atom. The smallest absolute Gasteiger partial charge is 0.0418 e. The van der Waals surface area contributed by atoms with Gasteiger partial charge in [0.1, 0.15) is 0 Å². The third-order valence-corrected chi connectivity index (χ3v) is 6.17. The maximum absolute atomic E-state index is 6.55. The lowest BCUT2D eigenvalue weighted by molar-refractivity contribution is 0.249. The quantitative estimate of drug-likeness (QED) is 0.838. The van der Waals surface area contributed by atoms with E-state index < -0.39 is 0 Å². The molecule has 2 heteroatoms. The molecule has 1 heterocycles. The van der Waals surface area contributed by atoms with Crippen molar-refractivity contribution >= 4 is 11.3 Å². The van der Waals surface area contributed by atoms with Crippen LogP contribution in [0.15, 0.2) is 6.07 Å². The largest absolute Gasteiger partial charge is 0.323 e. The maximum Gasteiger partial charge on any atom is 0.0418 e. The summed E-state index contributed by atoms with van der Waals surface area (Å²) < 4.78 is 0.